The average molecular weight is 280 g/mol. The third-order valence-electron chi connectivity index (χ3n) is 2.90. The minimum Gasteiger partial charge on any atom is -0.484 e. The summed E-state index contributed by atoms with van der Waals surface area (Å²) < 4.78 is 10.5. The van der Waals surface area contributed by atoms with Crippen molar-refractivity contribution in [1.82, 2.24) is 5.32 Å². The Morgan fingerprint density at radius 1 is 1.35 bits per heavy atom. The fourth-order valence-corrected chi connectivity index (χ4v) is 1.89. The molecule has 0 saturated carbocycles. The lowest BCUT2D eigenvalue weighted by Gasteiger charge is -2.17. The van der Waals surface area contributed by atoms with Crippen LogP contribution in [0.3, 0.4) is 0 Å². The van der Waals surface area contributed by atoms with Gasteiger partial charge in [-0.3, -0.25) is 4.79 Å². The maximum absolute atomic E-state index is 11.8. The Kier molecular flexibility index (Phi) is 7.69. The summed E-state index contributed by atoms with van der Waals surface area (Å²) in [5, 5.41) is 2.90. The molecule has 1 atom stereocenters. The summed E-state index contributed by atoms with van der Waals surface area (Å²) in [6.07, 6.45) is 1.89. The molecule has 0 aromatic heterocycles. The fraction of sp³-hybridized carbons (Fsp3) is 0.533. The summed E-state index contributed by atoms with van der Waals surface area (Å²) in [5.74, 6) is 0.527. The molecule has 0 spiro atoms. The van der Waals surface area contributed by atoms with Gasteiger partial charge in [0.15, 0.2) is 6.61 Å². The molecule has 3 N–H and O–H groups in total. The number of nitrogens with two attached hydrogens (primary N) is 1. The smallest absolute Gasteiger partial charge is 0.258 e. The predicted molar refractivity (Wildman–Crippen MR) is 78.5 cm³/mol. The fourth-order valence-electron chi connectivity index (χ4n) is 1.89. The first kappa shape index (κ1) is 16.5. The molecule has 1 unspecified atom stereocenters. The first-order valence-corrected chi connectivity index (χ1v) is 6.89. The van der Waals surface area contributed by atoms with Gasteiger partial charge in [-0.1, -0.05) is 25.5 Å². The summed E-state index contributed by atoms with van der Waals surface area (Å²) in [6.45, 7) is 3.09. The highest BCUT2D eigenvalue weighted by Gasteiger charge is 2.11. The maximum Gasteiger partial charge on any atom is 0.258 e. The predicted octanol–water partition coefficient (Wildman–Crippen LogP) is 1.46. The molecular weight excluding hydrogens is 256 g/mol. The molecule has 0 heterocycles. The molecule has 1 amide bonds. The van der Waals surface area contributed by atoms with Crippen LogP contribution < -0.4 is 15.8 Å². The second-order valence-corrected chi connectivity index (χ2v) is 4.65. The summed E-state index contributed by atoms with van der Waals surface area (Å²) in [7, 11) is 1.63. The summed E-state index contributed by atoms with van der Waals surface area (Å²) in [6, 6.07) is 7.44. The Bertz CT molecular complexity index is 387. The zero-order chi connectivity index (χ0) is 14.8. The highest BCUT2D eigenvalue weighted by atomic mass is 16.5. The van der Waals surface area contributed by atoms with E-state index >= 15 is 0 Å². The molecule has 5 nitrogen and oxygen atoms in total. The second kappa shape index (κ2) is 9.34. The van der Waals surface area contributed by atoms with Crippen LogP contribution in [0.5, 0.6) is 5.75 Å². The topological polar surface area (TPSA) is 73.6 Å². The minimum absolute atomic E-state index is 0.00585. The van der Waals surface area contributed by atoms with Gasteiger partial charge >= 0.3 is 0 Å². The number of nitrogens with one attached hydrogen (secondary N) is 1. The van der Waals surface area contributed by atoms with Gasteiger partial charge in [-0.05, 0) is 24.1 Å². The van der Waals surface area contributed by atoms with Crippen molar-refractivity contribution < 1.29 is 14.3 Å². The van der Waals surface area contributed by atoms with Crippen LogP contribution in [0.15, 0.2) is 24.3 Å². The van der Waals surface area contributed by atoms with E-state index in [0.29, 0.717) is 18.9 Å². The lowest BCUT2D eigenvalue weighted by molar-refractivity contribution is -0.124. The Hall–Kier alpha value is -1.59. The van der Waals surface area contributed by atoms with E-state index in [1.165, 1.54) is 0 Å². The Morgan fingerprint density at radius 3 is 2.60 bits per heavy atom. The van der Waals surface area contributed by atoms with Gasteiger partial charge in [-0.15, -0.1) is 0 Å². The number of hydrogen-bond donors (Lipinski definition) is 2. The maximum atomic E-state index is 11.8. The van der Waals surface area contributed by atoms with Gasteiger partial charge < -0.3 is 20.5 Å². The molecule has 0 saturated heterocycles. The molecule has 0 fully saturated rings. The minimum atomic E-state index is -0.136. The summed E-state index contributed by atoms with van der Waals surface area (Å²) in [4.78, 5) is 11.8. The van der Waals surface area contributed by atoms with Crippen LogP contribution in [0.25, 0.3) is 0 Å². The van der Waals surface area contributed by atoms with Crippen LogP contribution in [0.4, 0.5) is 0 Å². The zero-order valence-corrected chi connectivity index (χ0v) is 12.2. The largest absolute Gasteiger partial charge is 0.484 e. The van der Waals surface area contributed by atoms with Crippen molar-refractivity contribution in [2.24, 2.45) is 5.73 Å². The van der Waals surface area contributed by atoms with E-state index in [0.717, 1.165) is 18.4 Å². The Balaban J connectivity index is 2.37. The van der Waals surface area contributed by atoms with Gasteiger partial charge in [-0.25, -0.2) is 0 Å². The lowest BCUT2D eigenvalue weighted by Crippen LogP contribution is -2.40. The number of hydrogen-bond acceptors (Lipinski definition) is 4. The van der Waals surface area contributed by atoms with Crippen LogP contribution in [0.1, 0.15) is 25.3 Å². The Morgan fingerprint density at radius 2 is 2.05 bits per heavy atom. The second-order valence-electron chi connectivity index (χ2n) is 4.65. The van der Waals surface area contributed by atoms with Crippen molar-refractivity contribution >= 4 is 5.91 Å². The zero-order valence-electron chi connectivity index (χ0n) is 12.2. The number of ether oxygens (including phenoxy) is 2. The molecule has 0 bridgehead atoms. The van der Waals surface area contributed by atoms with Gasteiger partial charge in [0.05, 0.1) is 12.6 Å². The molecule has 20 heavy (non-hydrogen) atoms. The molecule has 112 valence electrons. The van der Waals surface area contributed by atoms with E-state index in [9.17, 15) is 4.79 Å². The highest BCUT2D eigenvalue weighted by Crippen LogP contribution is 2.11. The van der Waals surface area contributed by atoms with Crippen molar-refractivity contribution in [3.05, 3.63) is 29.8 Å². The van der Waals surface area contributed by atoms with E-state index in [1.807, 2.05) is 24.3 Å². The number of amides is 1. The van der Waals surface area contributed by atoms with Crippen LogP contribution in [-0.4, -0.2) is 32.3 Å². The number of methoxy groups -OCH3 is 1. The number of rotatable bonds is 9. The standard InChI is InChI=1S/C15H24N2O3/c1-3-4-13(10-19-2)17-15(18)11-20-14-7-5-12(9-16)6-8-14/h5-8,13H,3-4,9-11,16H2,1-2H3,(H,17,18). The van der Waals surface area contributed by atoms with Crippen molar-refractivity contribution in [3.63, 3.8) is 0 Å². The molecular formula is C15H24N2O3. The quantitative estimate of drug-likeness (QED) is 0.718. The number of carbonyl (C=O) groups is 1. The molecule has 1 aromatic rings. The summed E-state index contributed by atoms with van der Waals surface area (Å²) in [5.41, 5.74) is 6.55. The third-order valence-corrected chi connectivity index (χ3v) is 2.90. The monoisotopic (exact) mass is 280 g/mol. The van der Waals surface area contributed by atoms with Gasteiger partial charge in [-0.2, -0.15) is 0 Å². The van der Waals surface area contributed by atoms with Crippen LogP contribution in [0.2, 0.25) is 0 Å². The van der Waals surface area contributed by atoms with E-state index in [4.69, 9.17) is 15.2 Å². The molecule has 0 aliphatic rings. The van der Waals surface area contributed by atoms with Gasteiger partial charge in [0.25, 0.3) is 5.91 Å². The normalized spacial score (nSPS) is 11.9. The van der Waals surface area contributed by atoms with Crippen molar-refractivity contribution in [2.45, 2.75) is 32.4 Å². The van der Waals surface area contributed by atoms with Crippen molar-refractivity contribution in [1.29, 1.82) is 0 Å². The van der Waals surface area contributed by atoms with Gasteiger partial charge in [0, 0.05) is 13.7 Å². The number of benzene rings is 1. The number of carbonyl (C=O) groups excluding carboxylic acids is 1. The Labute approximate surface area is 120 Å². The molecule has 0 aliphatic carbocycles. The molecule has 1 aromatic carbocycles. The van der Waals surface area contributed by atoms with Crippen molar-refractivity contribution in [3.8, 4) is 5.75 Å². The molecule has 1 rings (SSSR count). The van der Waals surface area contributed by atoms with E-state index in [1.54, 1.807) is 7.11 Å². The molecule has 5 heteroatoms. The van der Waals surface area contributed by atoms with E-state index in [-0.39, 0.29) is 18.6 Å². The van der Waals surface area contributed by atoms with E-state index < -0.39 is 0 Å². The highest BCUT2D eigenvalue weighted by molar-refractivity contribution is 5.77. The van der Waals surface area contributed by atoms with Crippen LogP contribution >= 0.6 is 0 Å². The van der Waals surface area contributed by atoms with E-state index in [2.05, 4.69) is 12.2 Å². The lowest BCUT2D eigenvalue weighted by atomic mass is 10.2. The average Bonchev–Trinajstić information content (AvgIpc) is 2.46. The SMILES string of the molecule is CCCC(COC)NC(=O)COc1ccc(CN)cc1. The van der Waals surface area contributed by atoms with Crippen molar-refractivity contribution in [2.75, 3.05) is 20.3 Å². The van der Waals surface area contributed by atoms with Gasteiger partial charge in [0.2, 0.25) is 0 Å². The molecule has 0 aliphatic heterocycles. The summed E-state index contributed by atoms with van der Waals surface area (Å²) >= 11 is 0. The van der Waals surface area contributed by atoms with Crippen LogP contribution in [0, 0.1) is 0 Å². The molecule has 0 radical (unpaired) electrons. The third kappa shape index (κ3) is 6.04. The first-order valence-electron chi connectivity index (χ1n) is 6.89. The first-order chi connectivity index (χ1) is 9.69. The van der Waals surface area contributed by atoms with Gasteiger partial charge in [0.1, 0.15) is 5.75 Å². The van der Waals surface area contributed by atoms with Crippen LogP contribution in [-0.2, 0) is 16.1 Å².